The molecule has 3 nitrogen and oxygen atoms in total. The molecular weight excluding hydrogens is 234 g/mol. The topological polar surface area (TPSA) is 52.3 Å². The molecule has 0 saturated heterocycles. The number of hydrogen-bond donors (Lipinski definition) is 1. The molecule has 0 saturated carbocycles. The van der Waals surface area contributed by atoms with Crippen LogP contribution in [0.3, 0.4) is 0 Å². The van der Waals surface area contributed by atoms with Crippen LogP contribution in [-0.2, 0) is 17.6 Å². The lowest BCUT2D eigenvalue weighted by molar-refractivity contribution is 0.0527. The quantitative estimate of drug-likeness (QED) is 0.837. The van der Waals surface area contributed by atoms with Gasteiger partial charge in [-0.3, -0.25) is 0 Å². The number of aryl methyl sites for hydroxylation is 1. The second-order valence-electron chi connectivity index (χ2n) is 3.17. The van der Waals surface area contributed by atoms with Crippen molar-refractivity contribution in [2.24, 2.45) is 0 Å². The number of nitrogens with two attached hydrogens (primary N) is 1. The predicted molar refractivity (Wildman–Crippen MR) is 74.8 cm³/mol. The summed E-state index contributed by atoms with van der Waals surface area (Å²) in [6, 6.07) is 0. The molecule has 0 spiro atoms. The maximum Gasteiger partial charge on any atom is 0.341 e. The lowest BCUT2D eigenvalue weighted by Gasteiger charge is -2.04. The Bertz CT molecular complexity index is 359. The number of nitrogen functional groups attached to an aromatic ring is 1. The van der Waals surface area contributed by atoms with E-state index in [1.54, 1.807) is 6.92 Å². The first-order chi connectivity index (χ1) is 8.15. The zero-order valence-corrected chi connectivity index (χ0v) is 12.2. The van der Waals surface area contributed by atoms with Crippen molar-refractivity contribution in [1.82, 2.24) is 0 Å². The van der Waals surface area contributed by atoms with Gasteiger partial charge in [0.15, 0.2) is 0 Å². The first kappa shape index (κ1) is 16.0. The minimum absolute atomic E-state index is 0.289. The Balaban J connectivity index is 0.00000121. The Hall–Kier alpha value is -1.03. The van der Waals surface area contributed by atoms with Gasteiger partial charge in [-0.25, -0.2) is 4.79 Å². The Morgan fingerprint density at radius 1 is 1.24 bits per heavy atom. The van der Waals surface area contributed by atoms with Crippen LogP contribution in [0.5, 0.6) is 0 Å². The SMILES string of the molecule is CC.CCOC(=O)c1c(N)sc(CC)c1CC. The molecule has 98 valence electrons. The minimum atomic E-state index is -0.289. The standard InChI is InChI=1S/C11H17NO2S.C2H6/c1-4-7-8(5-2)15-10(12)9(7)11(13)14-6-3;1-2/h4-6,12H2,1-3H3;1-2H3. The summed E-state index contributed by atoms with van der Waals surface area (Å²) in [5.74, 6) is -0.289. The highest BCUT2D eigenvalue weighted by molar-refractivity contribution is 7.16. The van der Waals surface area contributed by atoms with Crippen molar-refractivity contribution < 1.29 is 9.53 Å². The molecule has 0 aromatic carbocycles. The molecule has 1 rings (SSSR count). The van der Waals surface area contributed by atoms with Crippen molar-refractivity contribution in [1.29, 1.82) is 0 Å². The summed E-state index contributed by atoms with van der Waals surface area (Å²) in [5.41, 5.74) is 7.48. The van der Waals surface area contributed by atoms with Crippen molar-refractivity contribution in [2.45, 2.75) is 47.5 Å². The molecule has 0 bridgehead atoms. The average Bonchev–Trinajstić information content (AvgIpc) is 2.68. The Morgan fingerprint density at radius 3 is 2.24 bits per heavy atom. The van der Waals surface area contributed by atoms with Crippen LogP contribution in [0.2, 0.25) is 0 Å². The first-order valence-electron chi connectivity index (χ1n) is 6.22. The highest BCUT2D eigenvalue weighted by Crippen LogP contribution is 2.32. The normalized spacial score (nSPS) is 9.47. The fraction of sp³-hybridized carbons (Fsp3) is 0.615. The molecule has 0 aliphatic heterocycles. The third-order valence-electron chi connectivity index (χ3n) is 2.27. The number of hydrogen-bond acceptors (Lipinski definition) is 4. The molecule has 0 unspecified atom stereocenters. The Labute approximate surface area is 108 Å². The van der Waals surface area contributed by atoms with Gasteiger partial charge < -0.3 is 10.5 Å². The Morgan fingerprint density at radius 2 is 1.82 bits per heavy atom. The minimum Gasteiger partial charge on any atom is -0.462 e. The van der Waals surface area contributed by atoms with Gasteiger partial charge in [-0.05, 0) is 25.3 Å². The first-order valence-corrected chi connectivity index (χ1v) is 7.04. The van der Waals surface area contributed by atoms with E-state index in [1.165, 1.54) is 16.2 Å². The molecule has 1 aromatic rings. The van der Waals surface area contributed by atoms with Crippen LogP contribution >= 0.6 is 11.3 Å². The Kier molecular flexibility index (Phi) is 7.63. The maximum atomic E-state index is 11.7. The fourth-order valence-corrected chi connectivity index (χ4v) is 2.71. The second kappa shape index (κ2) is 8.12. The molecule has 0 atom stereocenters. The molecule has 1 aromatic heterocycles. The molecular formula is C13H23NO2S. The predicted octanol–water partition coefficient (Wildman–Crippen LogP) is 3.66. The highest BCUT2D eigenvalue weighted by Gasteiger charge is 2.20. The number of esters is 1. The van der Waals surface area contributed by atoms with Crippen LogP contribution in [0, 0.1) is 0 Å². The van der Waals surface area contributed by atoms with Crippen LogP contribution in [0.1, 0.15) is 55.4 Å². The van der Waals surface area contributed by atoms with Gasteiger partial charge in [-0.15, -0.1) is 11.3 Å². The van der Waals surface area contributed by atoms with Gasteiger partial charge in [0.2, 0.25) is 0 Å². The van der Waals surface area contributed by atoms with Crippen LogP contribution in [-0.4, -0.2) is 12.6 Å². The second-order valence-corrected chi connectivity index (χ2v) is 4.31. The van der Waals surface area contributed by atoms with Crippen molar-refractivity contribution in [3.05, 3.63) is 16.0 Å². The number of rotatable bonds is 4. The van der Waals surface area contributed by atoms with Gasteiger partial charge in [-0.1, -0.05) is 27.7 Å². The molecule has 0 fully saturated rings. The summed E-state index contributed by atoms with van der Waals surface area (Å²) in [6.07, 6.45) is 1.74. The summed E-state index contributed by atoms with van der Waals surface area (Å²) in [7, 11) is 0. The third-order valence-corrected chi connectivity index (χ3v) is 3.48. The number of carbonyl (C=O) groups is 1. The molecule has 0 aliphatic carbocycles. The summed E-state index contributed by atoms with van der Waals surface area (Å²) in [4.78, 5) is 12.9. The number of thiophene rings is 1. The number of carbonyl (C=O) groups excluding carboxylic acids is 1. The van der Waals surface area contributed by atoms with Gasteiger partial charge in [-0.2, -0.15) is 0 Å². The summed E-state index contributed by atoms with van der Waals surface area (Å²) in [5, 5.41) is 0.585. The van der Waals surface area contributed by atoms with E-state index < -0.39 is 0 Å². The van der Waals surface area contributed by atoms with E-state index in [0.29, 0.717) is 17.2 Å². The van der Waals surface area contributed by atoms with Crippen LogP contribution < -0.4 is 5.73 Å². The number of anilines is 1. The van der Waals surface area contributed by atoms with E-state index in [-0.39, 0.29) is 5.97 Å². The van der Waals surface area contributed by atoms with Crippen molar-refractivity contribution in [3.63, 3.8) is 0 Å². The van der Waals surface area contributed by atoms with Crippen LogP contribution in [0.4, 0.5) is 5.00 Å². The van der Waals surface area contributed by atoms with E-state index in [4.69, 9.17) is 10.5 Å². The molecule has 0 aliphatic rings. The largest absolute Gasteiger partial charge is 0.462 e. The van der Waals surface area contributed by atoms with Gasteiger partial charge in [0.25, 0.3) is 0 Å². The van der Waals surface area contributed by atoms with E-state index in [9.17, 15) is 4.79 Å². The zero-order chi connectivity index (χ0) is 13.4. The number of ether oxygens (including phenoxy) is 1. The van der Waals surface area contributed by atoms with Crippen molar-refractivity contribution in [2.75, 3.05) is 12.3 Å². The average molecular weight is 257 g/mol. The molecule has 4 heteroatoms. The summed E-state index contributed by atoms with van der Waals surface area (Å²) < 4.78 is 5.00. The fourth-order valence-electron chi connectivity index (χ4n) is 1.62. The molecule has 1 heterocycles. The smallest absolute Gasteiger partial charge is 0.341 e. The van der Waals surface area contributed by atoms with Crippen molar-refractivity contribution in [3.8, 4) is 0 Å². The lowest BCUT2D eigenvalue weighted by Crippen LogP contribution is -2.08. The maximum absolute atomic E-state index is 11.7. The summed E-state index contributed by atoms with van der Waals surface area (Å²) in [6.45, 7) is 10.3. The van der Waals surface area contributed by atoms with E-state index in [1.807, 2.05) is 20.8 Å². The van der Waals surface area contributed by atoms with E-state index in [2.05, 4.69) is 6.92 Å². The monoisotopic (exact) mass is 257 g/mol. The molecule has 2 N–H and O–H groups in total. The molecule has 0 amide bonds. The van der Waals surface area contributed by atoms with Crippen molar-refractivity contribution >= 4 is 22.3 Å². The molecule has 0 radical (unpaired) electrons. The zero-order valence-electron chi connectivity index (χ0n) is 11.4. The van der Waals surface area contributed by atoms with Gasteiger partial charge in [0.05, 0.1) is 12.2 Å². The van der Waals surface area contributed by atoms with Gasteiger partial charge >= 0.3 is 5.97 Å². The van der Waals surface area contributed by atoms with E-state index >= 15 is 0 Å². The van der Waals surface area contributed by atoms with Gasteiger partial charge in [0, 0.05) is 4.88 Å². The van der Waals surface area contributed by atoms with Crippen LogP contribution in [0.15, 0.2) is 0 Å². The van der Waals surface area contributed by atoms with E-state index in [0.717, 1.165) is 18.4 Å². The van der Waals surface area contributed by atoms with Crippen LogP contribution in [0.25, 0.3) is 0 Å². The lowest BCUT2D eigenvalue weighted by atomic mass is 10.1. The third kappa shape index (κ3) is 3.73. The van der Waals surface area contributed by atoms with Gasteiger partial charge in [0.1, 0.15) is 5.00 Å². The molecule has 17 heavy (non-hydrogen) atoms. The highest BCUT2D eigenvalue weighted by atomic mass is 32.1. The summed E-state index contributed by atoms with van der Waals surface area (Å²) >= 11 is 1.50.